The van der Waals surface area contributed by atoms with Crippen LogP contribution in [0, 0.1) is 0 Å². The molecule has 4 rings (SSSR count). The third-order valence-corrected chi connectivity index (χ3v) is 7.51. The van der Waals surface area contributed by atoms with E-state index in [1.54, 1.807) is 62.5 Å². The van der Waals surface area contributed by atoms with Gasteiger partial charge in [0.2, 0.25) is 0 Å². The van der Waals surface area contributed by atoms with Crippen molar-refractivity contribution >= 4 is 47.3 Å². The summed E-state index contributed by atoms with van der Waals surface area (Å²) < 4.78 is 10.3. The predicted octanol–water partition coefficient (Wildman–Crippen LogP) is 4.39. The summed E-state index contributed by atoms with van der Waals surface area (Å²) in [5, 5.41) is 59.0. The molecule has 0 radical (unpaired) electrons. The summed E-state index contributed by atoms with van der Waals surface area (Å²) in [6.07, 6.45) is 12.6. The number of cyclic esters (lactones) is 2. The van der Waals surface area contributed by atoms with Crippen molar-refractivity contribution in [3.63, 3.8) is 0 Å². The first-order valence-electron chi connectivity index (χ1n) is 13.8. The fraction of sp³-hybridized carbons (Fsp3) is 0.312. The average molecular weight is 686 g/mol. The Morgan fingerprint density at radius 1 is 0.609 bits per heavy atom. The number of carbonyl (C=O) groups excluding carboxylic acids is 2. The van der Waals surface area contributed by atoms with Crippen LogP contribution < -0.4 is 0 Å². The van der Waals surface area contributed by atoms with E-state index in [-0.39, 0.29) is 54.8 Å². The van der Waals surface area contributed by atoms with Crippen LogP contribution in [0.1, 0.15) is 71.4 Å². The van der Waals surface area contributed by atoms with E-state index in [2.05, 4.69) is 0 Å². The van der Waals surface area contributed by atoms with E-state index in [9.17, 15) is 40.2 Å². The molecule has 12 nitrogen and oxygen atoms in total. The third-order valence-electron chi connectivity index (χ3n) is 6.71. The summed E-state index contributed by atoms with van der Waals surface area (Å²) in [7, 11) is 0. The Labute approximate surface area is 275 Å². The molecule has 10 N–H and O–H groups in total. The molecule has 2 aliphatic heterocycles. The number of hydrogen-bond donors (Lipinski definition) is 6. The van der Waals surface area contributed by atoms with Crippen molar-refractivity contribution in [2.75, 3.05) is 0 Å². The normalized spacial score (nSPS) is 24.2. The molecule has 0 saturated heterocycles. The van der Waals surface area contributed by atoms with E-state index < -0.39 is 47.9 Å². The zero-order valence-electron chi connectivity index (χ0n) is 25.0. The summed E-state index contributed by atoms with van der Waals surface area (Å²) >= 11 is 12.0. The number of carbonyl (C=O) groups is 2. The van der Waals surface area contributed by atoms with Gasteiger partial charge in [0.25, 0.3) is 0 Å². The molecule has 0 saturated carbocycles. The number of ether oxygens (including phenoxy) is 2. The Morgan fingerprint density at radius 3 is 1.28 bits per heavy atom. The maximum absolute atomic E-state index is 12.3. The second kappa shape index (κ2) is 18.2. The van der Waals surface area contributed by atoms with Crippen LogP contribution in [0.5, 0.6) is 23.0 Å². The zero-order chi connectivity index (χ0) is 32.6. The van der Waals surface area contributed by atoms with Gasteiger partial charge in [0.1, 0.15) is 58.5 Å². The number of fused-ring (bicyclic) bond motifs is 2. The van der Waals surface area contributed by atoms with Gasteiger partial charge in [-0.15, -0.1) is 0 Å². The number of rotatable bonds is 0. The smallest absolute Gasteiger partial charge is 0.342 e. The summed E-state index contributed by atoms with van der Waals surface area (Å²) in [4.78, 5) is 24.5. The summed E-state index contributed by atoms with van der Waals surface area (Å²) in [6.45, 7) is 3.10. The number of aliphatic hydroxyl groups is 2. The van der Waals surface area contributed by atoms with Crippen LogP contribution in [0.2, 0.25) is 10.0 Å². The lowest BCUT2D eigenvalue weighted by molar-refractivity contribution is 0.00248. The van der Waals surface area contributed by atoms with Crippen LogP contribution in [-0.4, -0.2) is 77.9 Å². The second-order valence-corrected chi connectivity index (χ2v) is 10.8. The fourth-order valence-corrected chi connectivity index (χ4v) is 4.63. The molecule has 0 spiro atoms. The molecule has 2 aromatic rings. The number of aliphatic hydroxyl groups excluding tert-OH is 2. The zero-order valence-corrected chi connectivity index (χ0v) is 26.5. The second-order valence-electron chi connectivity index (χ2n) is 10.1. The van der Waals surface area contributed by atoms with Gasteiger partial charge in [0, 0.05) is 23.3 Å². The van der Waals surface area contributed by atoms with Crippen LogP contribution >= 0.6 is 23.2 Å². The maximum Gasteiger partial charge on any atom is 0.342 e. The molecule has 46 heavy (non-hydrogen) atoms. The van der Waals surface area contributed by atoms with Gasteiger partial charge in [-0.2, -0.15) is 0 Å². The number of phenols is 4. The van der Waals surface area contributed by atoms with Crippen molar-refractivity contribution in [1.82, 2.24) is 0 Å². The largest absolute Gasteiger partial charge is 0.507 e. The molecule has 2 heterocycles. The lowest BCUT2D eigenvalue weighted by Crippen LogP contribution is -2.27. The first-order valence-corrected chi connectivity index (χ1v) is 14.5. The highest BCUT2D eigenvalue weighted by Crippen LogP contribution is 2.39. The molecule has 0 aromatic heterocycles. The van der Waals surface area contributed by atoms with E-state index in [4.69, 9.17) is 32.7 Å². The molecule has 252 valence electrons. The molecule has 0 unspecified atom stereocenters. The Morgan fingerprint density at radius 2 is 0.935 bits per heavy atom. The lowest BCUT2D eigenvalue weighted by atomic mass is 10.0. The highest BCUT2D eigenvalue weighted by Gasteiger charge is 2.27. The Hall–Kier alpha value is -4.04. The van der Waals surface area contributed by atoms with Crippen molar-refractivity contribution in [1.29, 1.82) is 0 Å². The number of allylic oxidation sites excluding steroid dienone is 4. The molecule has 0 bridgehead atoms. The number of esters is 2. The molecule has 0 aliphatic carbocycles. The highest BCUT2D eigenvalue weighted by molar-refractivity contribution is 6.34. The topological polar surface area (TPSA) is 237 Å². The van der Waals surface area contributed by atoms with Crippen molar-refractivity contribution < 1.29 is 60.7 Å². The Kier molecular flexibility index (Phi) is 15.8. The van der Waals surface area contributed by atoms with Gasteiger partial charge >= 0.3 is 11.9 Å². The van der Waals surface area contributed by atoms with Crippen molar-refractivity contribution in [2.45, 2.75) is 63.9 Å². The van der Waals surface area contributed by atoms with Crippen LogP contribution in [0.25, 0.3) is 12.2 Å². The number of aromatic hydroxyl groups is 4. The average Bonchev–Trinajstić information content (AvgIpc) is 2.95. The SMILES string of the molecule is C[C@H]1OC(=O)c2c(O)cc(O)c(Cl)c2/C=C/CC/C=C/[C@@H]1O.C[C@H]1OC(=O)c2c(O)cc(O)c(Cl)c2/C=C/CC/C=C/[C@@H]1O.O.O. The van der Waals surface area contributed by atoms with E-state index in [0.29, 0.717) is 25.7 Å². The number of halogens is 2. The first kappa shape index (κ1) is 40.0. The van der Waals surface area contributed by atoms with Crippen LogP contribution in [0.3, 0.4) is 0 Å². The molecular formula is C32H38Cl2O12. The van der Waals surface area contributed by atoms with Crippen molar-refractivity contribution in [3.8, 4) is 23.0 Å². The molecular weight excluding hydrogens is 647 g/mol. The van der Waals surface area contributed by atoms with Crippen molar-refractivity contribution in [2.24, 2.45) is 0 Å². The van der Waals surface area contributed by atoms with Gasteiger partial charge in [-0.25, -0.2) is 9.59 Å². The monoisotopic (exact) mass is 684 g/mol. The number of hydrogen-bond acceptors (Lipinski definition) is 10. The Balaban J connectivity index is 0.000000441. The maximum atomic E-state index is 12.3. The minimum absolute atomic E-state index is 0. The van der Waals surface area contributed by atoms with Gasteiger partial charge in [0.15, 0.2) is 0 Å². The molecule has 4 atom stereocenters. The third kappa shape index (κ3) is 9.98. The molecule has 14 heteroatoms. The fourth-order valence-electron chi connectivity index (χ4n) is 4.21. The number of benzene rings is 2. The van der Waals surface area contributed by atoms with Gasteiger partial charge in [-0.05, 0) is 39.5 Å². The molecule has 2 aliphatic rings. The summed E-state index contributed by atoms with van der Waals surface area (Å²) in [6, 6.07) is 1.98. The molecule has 0 fully saturated rings. The van der Waals surface area contributed by atoms with E-state index >= 15 is 0 Å². The molecule has 2 aromatic carbocycles. The van der Waals surface area contributed by atoms with Gasteiger partial charge < -0.3 is 51.1 Å². The summed E-state index contributed by atoms with van der Waals surface area (Å²) in [5.74, 6) is -3.15. The van der Waals surface area contributed by atoms with Gasteiger partial charge in [-0.3, -0.25) is 0 Å². The summed E-state index contributed by atoms with van der Waals surface area (Å²) in [5.41, 5.74) is 0.108. The van der Waals surface area contributed by atoms with Crippen LogP contribution in [-0.2, 0) is 9.47 Å². The predicted molar refractivity (Wildman–Crippen MR) is 173 cm³/mol. The first-order chi connectivity index (χ1) is 20.8. The van der Waals surface area contributed by atoms with Gasteiger partial charge in [0.05, 0.1) is 10.0 Å². The highest BCUT2D eigenvalue weighted by atomic mass is 35.5. The number of phenolic OH excluding ortho intramolecular Hbond substituents is 4. The lowest BCUT2D eigenvalue weighted by Gasteiger charge is -2.19. The van der Waals surface area contributed by atoms with Crippen LogP contribution in [0.15, 0.2) is 48.6 Å². The standard InChI is InChI=1S/2C16H17ClO5.2H2O/c2*1-9-11(18)7-5-3-2-4-6-10-14(16(21)22-9)12(19)8-13(20)15(10)17;;/h2*4-9,11,18-20H,2-3H2,1H3;2*1H2/b2*6-4+,7-5+;;/t2*9-,11+;;/m11../s1. The van der Waals surface area contributed by atoms with Crippen LogP contribution in [0.4, 0.5) is 0 Å². The Bertz CT molecular complexity index is 1390. The van der Waals surface area contributed by atoms with E-state index in [0.717, 1.165) is 12.1 Å². The van der Waals surface area contributed by atoms with E-state index in [1.165, 1.54) is 0 Å². The minimum atomic E-state index is -0.939. The van der Waals surface area contributed by atoms with E-state index in [1.807, 2.05) is 0 Å². The van der Waals surface area contributed by atoms with Crippen molar-refractivity contribution in [3.05, 3.63) is 80.9 Å². The molecule has 0 amide bonds. The quantitative estimate of drug-likeness (QED) is 0.169. The minimum Gasteiger partial charge on any atom is -0.507 e. The van der Waals surface area contributed by atoms with Gasteiger partial charge in [-0.1, -0.05) is 71.8 Å².